The van der Waals surface area contributed by atoms with E-state index in [1.54, 1.807) is 21.3 Å². The van der Waals surface area contributed by atoms with E-state index in [4.69, 9.17) is 14.2 Å². The Balaban J connectivity index is 1.42. The van der Waals surface area contributed by atoms with Crippen molar-refractivity contribution >= 4 is 22.4 Å². The summed E-state index contributed by atoms with van der Waals surface area (Å²) in [4.78, 5) is 19.6. The van der Waals surface area contributed by atoms with Crippen LogP contribution in [0.1, 0.15) is 18.4 Å². The number of amides is 1. The molecule has 1 saturated carbocycles. The minimum absolute atomic E-state index is 0.0746. The third-order valence-electron chi connectivity index (χ3n) is 5.41. The second-order valence-corrected chi connectivity index (χ2v) is 8.46. The Labute approximate surface area is 191 Å². The first-order valence-electron chi connectivity index (χ1n) is 10.4. The van der Waals surface area contributed by atoms with E-state index in [1.807, 2.05) is 47.8 Å². The van der Waals surface area contributed by atoms with Crippen molar-refractivity contribution in [1.29, 1.82) is 0 Å². The average Bonchev–Trinajstić information content (AvgIpc) is 3.57. The lowest BCUT2D eigenvalue weighted by atomic mass is 10.1. The number of methoxy groups -OCH3 is 3. The number of carbonyl (C=O) groups excluding carboxylic acids is 1. The maximum absolute atomic E-state index is 12.8. The van der Waals surface area contributed by atoms with Gasteiger partial charge in [0.25, 0.3) is 0 Å². The van der Waals surface area contributed by atoms with Gasteiger partial charge in [-0.05, 0) is 31.0 Å². The fraction of sp³-hybridized carbons (Fsp3) is 0.333. The first kappa shape index (κ1) is 22.1. The monoisotopic (exact) mass is 453 g/mol. The van der Waals surface area contributed by atoms with Crippen molar-refractivity contribution in [1.82, 2.24) is 9.88 Å². The number of thiazole rings is 1. The van der Waals surface area contributed by atoms with Crippen LogP contribution in [0.4, 0.5) is 5.13 Å². The van der Waals surface area contributed by atoms with Crippen molar-refractivity contribution in [2.45, 2.75) is 25.4 Å². The van der Waals surface area contributed by atoms with Crippen LogP contribution in [0.3, 0.4) is 0 Å². The SMILES string of the molecule is COc1ccc(-c2csc(NC(=O)CN(Cc3ccccc3OC)C3CC3)n2)c(OC)c1. The van der Waals surface area contributed by atoms with Gasteiger partial charge in [0.15, 0.2) is 5.13 Å². The number of benzene rings is 2. The van der Waals surface area contributed by atoms with Gasteiger partial charge in [0, 0.05) is 35.2 Å². The number of aromatic nitrogens is 1. The summed E-state index contributed by atoms with van der Waals surface area (Å²) in [6.45, 7) is 0.984. The zero-order valence-electron chi connectivity index (χ0n) is 18.5. The van der Waals surface area contributed by atoms with Gasteiger partial charge in [0.2, 0.25) is 5.91 Å². The Morgan fingerprint density at radius 2 is 1.88 bits per heavy atom. The highest BCUT2D eigenvalue weighted by Crippen LogP contribution is 2.35. The molecule has 32 heavy (non-hydrogen) atoms. The van der Waals surface area contributed by atoms with E-state index >= 15 is 0 Å². The highest BCUT2D eigenvalue weighted by atomic mass is 32.1. The summed E-state index contributed by atoms with van der Waals surface area (Å²) in [5.74, 6) is 2.15. The molecule has 3 aromatic rings. The second kappa shape index (κ2) is 10.0. The standard InChI is InChI=1S/C24H27N3O4S/c1-29-18-10-11-19(22(12-18)31-3)20-15-32-24(25-20)26-23(28)14-27(17-8-9-17)13-16-6-4-5-7-21(16)30-2/h4-7,10-12,15,17H,8-9,13-14H2,1-3H3,(H,25,26,28). The molecule has 1 amide bonds. The van der Waals surface area contributed by atoms with Crippen molar-refractivity contribution in [2.24, 2.45) is 0 Å². The molecule has 0 bridgehead atoms. The third-order valence-corrected chi connectivity index (χ3v) is 6.17. The smallest absolute Gasteiger partial charge is 0.240 e. The van der Waals surface area contributed by atoms with E-state index in [0.717, 1.165) is 35.4 Å². The zero-order chi connectivity index (χ0) is 22.5. The molecule has 1 fully saturated rings. The van der Waals surface area contributed by atoms with Crippen molar-refractivity contribution < 1.29 is 19.0 Å². The van der Waals surface area contributed by atoms with Crippen LogP contribution in [0.2, 0.25) is 0 Å². The van der Waals surface area contributed by atoms with E-state index in [-0.39, 0.29) is 5.91 Å². The van der Waals surface area contributed by atoms with Crippen molar-refractivity contribution in [2.75, 3.05) is 33.2 Å². The van der Waals surface area contributed by atoms with Crippen LogP contribution < -0.4 is 19.5 Å². The number of anilines is 1. The molecule has 0 saturated heterocycles. The summed E-state index contributed by atoms with van der Waals surface area (Å²) in [5.41, 5.74) is 2.68. The highest BCUT2D eigenvalue weighted by molar-refractivity contribution is 7.14. The number of hydrogen-bond donors (Lipinski definition) is 1. The molecule has 0 atom stereocenters. The summed E-state index contributed by atoms with van der Waals surface area (Å²) in [5, 5.41) is 5.43. The normalized spacial score (nSPS) is 13.1. The molecule has 0 spiro atoms. The van der Waals surface area contributed by atoms with Gasteiger partial charge < -0.3 is 19.5 Å². The number of carbonyl (C=O) groups is 1. The molecule has 1 heterocycles. The maximum Gasteiger partial charge on any atom is 0.240 e. The molecule has 0 unspecified atom stereocenters. The maximum atomic E-state index is 12.8. The van der Waals surface area contributed by atoms with Gasteiger partial charge in [-0.15, -0.1) is 11.3 Å². The average molecular weight is 454 g/mol. The molecule has 1 aliphatic carbocycles. The Kier molecular flexibility index (Phi) is 6.92. The van der Waals surface area contributed by atoms with Crippen LogP contribution >= 0.6 is 11.3 Å². The molecular weight excluding hydrogens is 426 g/mol. The number of hydrogen-bond acceptors (Lipinski definition) is 7. The first-order chi connectivity index (χ1) is 15.6. The molecule has 4 rings (SSSR count). The summed E-state index contributed by atoms with van der Waals surface area (Å²) in [7, 11) is 4.90. The van der Waals surface area contributed by atoms with Gasteiger partial charge in [-0.3, -0.25) is 9.69 Å². The van der Waals surface area contributed by atoms with Crippen LogP contribution in [0.5, 0.6) is 17.2 Å². The van der Waals surface area contributed by atoms with Crippen LogP contribution in [0, 0.1) is 0 Å². The molecule has 1 aliphatic rings. The first-order valence-corrected chi connectivity index (χ1v) is 11.3. The van der Waals surface area contributed by atoms with Crippen LogP contribution in [0.15, 0.2) is 47.8 Å². The molecule has 7 nitrogen and oxygen atoms in total. The van der Waals surface area contributed by atoms with Crippen molar-refractivity contribution in [3.05, 3.63) is 53.4 Å². The number of ether oxygens (including phenoxy) is 3. The topological polar surface area (TPSA) is 72.9 Å². The zero-order valence-corrected chi connectivity index (χ0v) is 19.3. The van der Waals surface area contributed by atoms with E-state index in [0.29, 0.717) is 35.8 Å². The highest BCUT2D eigenvalue weighted by Gasteiger charge is 2.31. The fourth-order valence-corrected chi connectivity index (χ4v) is 4.34. The van der Waals surface area contributed by atoms with Gasteiger partial charge in [-0.2, -0.15) is 0 Å². The summed E-state index contributed by atoms with van der Waals surface area (Å²) in [6.07, 6.45) is 2.22. The van der Waals surface area contributed by atoms with Gasteiger partial charge in [-0.1, -0.05) is 18.2 Å². The summed E-state index contributed by atoms with van der Waals surface area (Å²) in [6, 6.07) is 14.0. The molecule has 0 aliphatic heterocycles. The van der Waals surface area contributed by atoms with E-state index in [2.05, 4.69) is 15.2 Å². The van der Waals surface area contributed by atoms with Gasteiger partial charge in [0.1, 0.15) is 17.2 Å². The lowest BCUT2D eigenvalue weighted by molar-refractivity contribution is -0.117. The third kappa shape index (κ3) is 5.20. The van der Waals surface area contributed by atoms with Crippen LogP contribution in [0.25, 0.3) is 11.3 Å². The minimum Gasteiger partial charge on any atom is -0.497 e. The largest absolute Gasteiger partial charge is 0.497 e. The van der Waals surface area contributed by atoms with Gasteiger partial charge >= 0.3 is 0 Å². The quantitative estimate of drug-likeness (QED) is 0.489. The Morgan fingerprint density at radius 3 is 2.59 bits per heavy atom. The predicted molar refractivity (Wildman–Crippen MR) is 126 cm³/mol. The van der Waals surface area contributed by atoms with E-state index in [9.17, 15) is 4.79 Å². The molecule has 1 aromatic heterocycles. The van der Waals surface area contributed by atoms with E-state index in [1.165, 1.54) is 11.3 Å². The van der Waals surface area contributed by atoms with Crippen molar-refractivity contribution in [3.63, 3.8) is 0 Å². The molecule has 168 valence electrons. The van der Waals surface area contributed by atoms with Gasteiger partial charge in [0.05, 0.1) is 33.6 Å². The Morgan fingerprint density at radius 1 is 1.09 bits per heavy atom. The Bertz CT molecular complexity index is 1080. The molecule has 1 N–H and O–H groups in total. The lowest BCUT2D eigenvalue weighted by Gasteiger charge is -2.22. The summed E-state index contributed by atoms with van der Waals surface area (Å²) < 4.78 is 16.2. The van der Waals surface area contributed by atoms with Crippen LogP contribution in [-0.2, 0) is 11.3 Å². The van der Waals surface area contributed by atoms with E-state index < -0.39 is 0 Å². The number of nitrogens with one attached hydrogen (secondary N) is 1. The number of nitrogens with zero attached hydrogens (tertiary/aromatic N) is 2. The predicted octanol–water partition coefficient (Wildman–Crippen LogP) is 4.44. The molecule has 8 heteroatoms. The minimum atomic E-state index is -0.0746. The van der Waals surface area contributed by atoms with Crippen molar-refractivity contribution in [3.8, 4) is 28.5 Å². The fourth-order valence-electron chi connectivity index (χ4n) is 3.61. The van der Waals surface area contributed by atoms with Gasteiger partial charge in [-0.25, -0.2) is 4.98 Å². The molecule has 0 radical (unpaired) electrons. The lowest BCUT2D eigenvalue weighted by Crippen LogP contribution is -2.34. The molecule has 2 aromatic carbocycles. The molecular formula is C24H27N3O4S. The summed E-state index contributed by atoms with van der Waals surface area (Å²) >= 11 is 1.39. The number of para-hydroxylation sites is 1. The second-order valence-electron chi connectivity index (χ2n) is 7.60. The van der Waals surface area contributed by atoms with Crippen LogP contribution in [-0.4, -0.2) is 49.7 Å². The number of rotatable bonds is 10. The Hall–Kier alpha value is -3.10.